The van der Waals surface area contributed by atoms with Gasteiger partial charge in [0, 0.05) is 26.1 Å². The predicted molar refractivity (Wildman–Crippen MR) is 70.8 cm³/mol. The summed E-state index contributed by atoms with van der Waals surface area (Å²) in [4.78, 5) is 21.9. The largest absolute Gasteiger partial charge is 0.358 e. The predicted octanol–water partition coefficient (Wildman–Crippen LogP) is 1.90. The summed E-state index contributed by atoms with van der Waals surface area (Å²) >= 11 is 5.96. The number of amides is 1. The van der Waals surface area contributed by atoms with Gasteiger partial charge in [-0.3, -0.25) is 4.79 Å². The number of likely N-dealkylation sites (N-methyl/N-ethyl adjacent to an activating group) is 1. The molecule has 1 unspecified atom stereocenters. The Bertz CT molecular complexity index is 459. The van der Waals surface area contributed by atoms with Gasteiger partial charge in [-0.1, -0.05) is 11.6 Å². The van der Waals surface area contributed by atoms with E-state index in [0.717, 1.165) is 18.7 Å². The number of rotatable bonds is 4. The molecule has 1 fully saturated rings. The summed E-state index contributed by atoms with van der Waals surface area (Å²) in [7, 11) is 3.45. The van der Waals surface area contributed by atoms with Crippen LogP contribution in [0.5, 0.6) is 0 Å². The molecule has 98 valence electrons. The highest BCUT2D eigenvalue weighted by molar-refractivity contribution is 6.29. The molecule has 18 heavy (non-hydrogen) atoms. The molecule has 0 radical (unpaired) electrons. The van der Waals surface area contributed by atoms with E-state index >= 15 is 0 Å². The first kappa shape index (κ1) is 13.1. The fourth-order valence-electron chi connectivity index (χ4n) is 1.70. The fraction of sp³-hybridized carbons (Fsp3) is 0.583. The summed E-state index contributed by atoms with van der Waals surface area (Å²) in [5, 5.41) is 3.48. The van der Waals surface area contributed by atoms with Crippen molar-refractivity contribution in [2.24, 2.45) is 0 Å². The second-order valence-corrected chi connectivity index (χ2v) is 5.19. The summed E-state index contributed by atoms with van der Waals surface area (Å²) < 4.78 is 0. The number of nitrogens with one attached hydrogen (secondary N) is 1. The van der Waals surface area contributed by atoms with Crippen LogP contribution in [-0.4, -0.2) is 40.9 Å². The topological polar surface area (TPSA) is 58.1 Å². The van der Waals surface area contributed by atoms with Gasteiger partial charge in [0.2, 0.25) is 5.91 Å². The van der Waals surface area contributed by atoms with Crippen LogP contribution in [0.25, 0.3) is 0 Å². The van der Waals surface area contributed by atoms with Crippen LogP contribution in [0.15, 0.2) is 6.07 Å². The first-order chi connectivity index (χ1) is 8.47. The smallest absolute Gasteiger partial charge is 0.244 e. The number of halogens is 1. The maximum Gasteiger partial charge on any atom is 0.244 e. The Morgan fingerprint density at radius 2 is 2.17 bits per heavy atom. The highest BCUT2D eigenvalue weighted by Crippen LogP contribution is 2.38. The van der Waals surface area contributed by atoms with E-state index in [2.05, 4.69) is 15.3 Å². The third kappa shape index (κ3) is 3.10. The van der Waals surface area contributed by atoms with Crippen LogP contribution in [-0.2, 0) is 4.79 Å². The van der Waals surface area contributed by atoms with Crippen molar-refractivity contribution in [1.82, 2.24) is 14.9 Å². The molecule has 2 rings (SSSR count). The molecular weight excluding hydrogens is 252 g/mol. The molecule has 1 saturated carbocycles. The molecule has 1 aromatic rings. The second kappa shape index (κ2) is 5.10. The lowest BCUT2D eigenvalue weighted by Crippen LogP contribution is -2.36. The van der Waals surface area contributed by atoms with Crippen LogP contribution in [0.3, 0.4) is 0 Å². The summed E-state index contributed by atoms with van der Waals surface area (Å²) in [5.41, 5.74) is 0. The molecule has 0 spiro atoms. The van der Waals surface area contributed by atoms with Crippen LogP contribution in [0.1, 0.15) is 31.5 Å². The molecule has 1 aliphatic rings. The Hall–Kier alpha value is -1.36. The lowest BCUT2D eigenvalue weighted by molar-refractivity contribution is -0.129. The Morgan fingerprint density at radius 1 is 1.50 bits per heavy atom. The van der Waals surface area contributed by atoms with E-state index < -0.39 is 0 Å². The van der Waals surface area contributed by atoms with Gasteiger partial charge in [-0.2, -0.15) is 0 Å². The van der Waals surface area contributed by atoms with Crippen LogP contribution < -0.4 is 5.32 Å². The van der Waals surface area contributed by atoms with Gasteiger partial charge in [-0.25, -0.2) is 9.97 Å². The third-order valence-electron chi connectivity index (χ3n) is 2.83. The van der Waals surface area contributed by atoms with Gasteiger partial charge in [0.15, 0.2) is 0 Å². The van der Waals surface area contributed by atoms with Crippen LogP contribution in [0.4, 0.5) is 5.82 Å². The van der Waals surface area contributed by atoms with Crippen molar-refractivity contribution in [3.63, 3.8) is 0 Å². The quantitative estimate of drug-likeness (QED) is 0.848. The van der Waals surface area contributed by atoms with E-state index in [9.17, 15) is 4.79 Å². The molecule has 5 nitrogen and oxygen atoms in total. The number of carbonyl (C=O) groups excluding carboxylic acids is 1. The van der Waals surface area contributed by atoms with Crippen LogP contribution >= 0.6 is 11.6 Å². The lowest BCUT2D eigenvalue weighted by atomic mass is 10.3. The Kier molecular flexibility index (Phi) is 3.71. The number of carbonyl (C=O) groups is 1. The van der Waals surface area contributed by atoms with Crippen molar-refractivity contribution in [2.75, 3.05) is 19.4 Å². The minimum atomic E-state index is -0.335. The molecule has 0 aliphatic heterocycles. The number of aromatic nitrogens is 2. The highest BCUT2D eigenvalue weighted by atomic mass is 35.5. The zero-order valence-electron chi connectivity index (χ0n) is 10.8. The molecule has 1 amide bonds. The van der Waals surface area contributed by atoms with Gasteiger partial charge in [0.25, 0.3) is 0 Å². The molecule has 6 heteroatoms. The molecule has 1 aliphatic carbocycles. The van der Waals surface area contributed by atoms with Gasteiger partial charge >= 0.3 is 0 Å². The van der Waals surface area contributed by atoms with Crippen molar-refractivity contribution < 1.29 is 4.79 Å². The van der Waals surface area contributed by atoms with E-state index in [0.29, 0.717) is 16.9 Å². The molecule has 1 aromatic heterocycles. The monoisotopic (exact) mass is 268 g/mol. The molecule has 0 saturated heterocycles. The van der Waals surface area contributed by atoms with E-state index in [1.54, 1.807) is 32.0 Å². The molecule has 1 atom stereocenters. The van der Waals surface area contributed by atoms with Gasteiger partial charge in [0.1, 0.15) is 22.8 Å². The summed E-state index contributed by atoms with van der Waals surface area (Å²) in [6.45, 7) is 1.80. The Balaban J connectivity index is 2.11. The molecule has 0 bridgehead atoms. The molecule has 1 heterocycles. The minimum Gasteiger partial charge on any atom is -0.358 e. The van der Waals surface area contributed by atoms with Gasteiger partial charge < -0.3 is 10.2 Å². The van der Waals surface area contributed by atoms with E-state index in [4.69, 9.17) is 11.6 Å². The SMILES string of the molecule is CC(Nc1cc(Cl)nc(C2CC2)n1)C(=O)N(C)C. The fourth-order valence-corrected chi connectivity index (χ4v) is 1.89. The maximum absolute atomic E-state index is 11.8. The lowest BCUT2D eigenvalue weighted by Gasteiger charge is -2.18. The van der Waals surface area contributed by atoms with Crippen LogP contribution in [0.2, 0.25) is 5.15 Å². The summed E-state index contributed by atoms with van der Waals surface area (Å²) in [6, 6.07) is 1.31. The van der Waals surface area contributed by atoms with E-state index in [1.807, 2.05) is 0 Å². The van der Waals surface area contributed by atoms with Crippen molar-refractivity contribution in [2.45, 2.75) is 31.7 Å². The molecule has 1 N–H and O–H groups in total. The van der Waals surface area contributed by atoms with E-state index in [-0.39, 0.29) is 11.9 Å². The number of hydrogen-bond acceptors (Lipinski definition) is 4. The average molecular weight is 269 g/mol. The number of nitrogens with zero attached hydrogens (tertiary/aromatic N) is 3. The minimum absolute atomic E-state index is 0.00212. The molecule has 0 aromatic carbocycles. The van der Waals surface area contributed by atoms with Crippen molar-refractivity contribution in [3.05, 3.63) is 17.0 Å². The summed E-state index contributed by atoms with van der Waals surface area (Å²) in [6.07, 6.45) is 2.23. The Labute approximate surface area is 112 Å². The zero-order chi connectivity index (χ0) is 13.3. The summed E-state index contributed by atoms with van der Waals surface area (Å²) in [5.74, 6) is 1.82. The van der Waals surface area contributed by atoms with Crippen molar-refractivity contribution in [3.8, 4) is 0 Å². The van der Waals surface area contributed by atoms with E-state index in [1.165, 1.54) is 0 Å². The molecular formula is C12H17ClN4O. The van der Waals surface area contributed by atoms with Gasteiger partial charge in [0.05, 0.1) is 0 Å². The second-order valence-electron chi connectivity index (χ2n) is 4.81. The highest BCUT2D eigenvalue weighted by Gasteiger charge is 2.27. The van der Waals surface area contributed by atoms with Crippen molar-refractivity contribution >= 4 is 23.3 Å². The maximum atomic E-state index is 11.8. The zero-order valence-corrected chi connectivity index (χ0v) is 11.5. The first-order valence-electron chi connectivity index (χ1n) is 5.99. The van der Waals surface area contributed by atoms with Gasteiger partial charge in [-0.15, -0.1) is 0 Å². The van der Waals surface area contributed by atoms with Crippen molar-refractivity contribution in [1.29, 1.82) is 0 Å². The number of anilines is 1. The average Bonchev–Trinajstić information content (AvgIpc) is 3.10. The standard InChI is InChI=1S/C12H17ClN4O/c1-7(12(18)17(2)3)14-10-6-9(13)15-11(16-10)8-4-5-8/h6-8H,4-5H2,1-3H3,(H,14,15,16). The van der Waals surface area contributed by atoms with Crippen LogP contribution in [0, 0.1) is 0 Å². The normalized spacial score (nSPS) is 16.2. The first-order valence-corrected chi connectivity index (χ1v) is 6.37. The Morgan fingerprint density at radius 3 is 2.72 bits per heavy atom. The number of hydrogen-bond donors (Lipinski definition) is 1. The van der Waals surface area contributed by atoms with Gasteiger partial charge in [-0.05, 0) is 19.8 Å². The third-order valence-corrected chi connectivity index (χ3v) is 3.02.